The number of fused-ring (bicyclic) bond motifs is 1. The van der Waals surface area contributed by atoms with Gasteiger partial charge in [-0.15, -0.1) is 0 Å². The van der Waals surface area contributed by atoms with Crippen LogP contribution in [0.4, 0.5) is 0 Å². The van der Waals surface area contributed by atoms with Gasteiger partial charge in [0.05, 0.1) is 12.1 Å². The lowest BCUT2D eigenvalue weighted by Crippen LogP contribution is -2.59. The van der Waals surface area contributed by atoms with E-state index < -0.39 is 53.3 Å². The fraction of sp³-hybridized carbons (Fsp3) is 0.484. The highest BCUT2D eigenvalue weighted by Gasteiger charge is 2.44. The van der Waals surface area contributed by atoms with Crippen LogP contribution in [0.15, 0.2) is 54.6 Å². The van der Waals surface area contributed by atoms with Crippen LogP contribution in [0.2, 0.25) is 0 Å². The van der Waals surface area contributed by atoms with Crippen LogP contribution in [0.1, 0.15) is 70.9 Å². The van der Waals surface area contributed by atoms with E-state index >= 15 is 0 Å². The zero-order chi connectivity index (χ0) is 29.6. The van der Waals surface area contributed by atoms with Crippen molar-refractivity contribution in [2.24, 2.45) is 11.3 Å². The third kappa shape index (κ3) is 7.34. The van der Waals surface area contributed by atoms with Crippen molar-refractivity contribution < 1.29 is 24.3 Å². The first-order valence-corrected chi connectivity index (χ1v) is 13.8. The van der Waals surface area contributed by atoms with Gasteiger partial charge in [0.1, 0.15) is 12.3 Å². The lowest BCUT2D eigenvalue weighted by atomic mass is 9.84. The number of aliphatic hydroxyl groups is 1. The van der Waals surface area contributed by atoms with Crippen molar-refractivity contribution in [3.05, 3.63) is 71.3 Å². The summed E-state index contributed by atoms with van der Waals surface area (Å²) in [5.41, 5.74) is 2.00. The Labute approximate surface area is 236 Å². The SMILES string of the molecule is CCC(NC(=O)[C@@H](N1Cc2ccccc2C1O)C(C)(C)C)C(=O)N[C@H](C(=O)C(=O)NCc1ccccc1)C(C)C. The van der Waals surface area contributed by atoms with E-state index in [1.54, 1.807) is 25.7 Å². The van der Waals surface area contributed by atoms with Crippen LogP contribution in [0, 0.1) is 11.3 Å². The number of hydrogen-bond acceptors (Lipinski definition) is 6. The zero-order valence-corrected chi connectivity index (χ0v) is 24.2. The maximum absolute atomic E-state index is 13.7. The number of benzene rings is 2. The minimum Gasteiger partial charge on any atom is -0.374 e. The normalized spacial score (nSPS) is 17.4. The summed E-state index contributed by atoms with van der Waals surface area (Å²) in [6.07, 6.45) is -0.673. The minimum atomic E-state index is -1.05. The molecule has 3 rings (SSSR count). The topological polar surface area (TPSA) is 128 Å². The molecule has 4 atom stereocenters. The Morgan fingerprint density at radius 3 is 2.15 bits per heavy atom. The van der Waals surface area contributed by atoms with Crippen molar-refractivity contribution in [1.29, 1.82) is 0 Å². The Balaban J connectivity index is 1.69. The van der Waals surface area contributed by atoms with Gasteiger partial charge in [0.2, 0.25) is 17.6 Å². The van der Waals surface area contributed by atoms with Crippen LogP contribution in [0.25, 0.3) is 0 Å². The van der Waals surface area contributed by atoms with Gasteiger partial charge < -0.3 is 21.1 Å². The molecule has 2 unspecified atom stereocenters. The number of nitrogens with zero attached hydrogens (tertiary/aromatic N) is 1. The first-order valence-electron chi connectivity index (χ1n) is 13.8. The molecule has 0 fully saturated rings. The predicted molar refractivity (Wildman–Crippen MR) is 152 cm³/mol. The number of hydrogen-bond donors (Lipinski definition) is 4. The molecule has 0 saturated heterocycles. The summed E-state index contributed by atoms with van der Waals surface area (Å²) in [6, 6.07) is 14.0. The van der Waals surface area contributed by atoms with Crippen LogP contribution in [-0.2, 0) is 32.3 Å². The molecule has 0 saturated carbocycles. The van der Waals surface area contributed by atoms with E-state index in [0.29, 0.717) is 6.54 Å². The third-order valence-corrected chi connectivity index (χ3v) is 7.21. The van der Waals surface area contributed by atoms with Gasteiger partial charge in [-0.1, -0.05) is 96.1 Å². The fourth-order valence-electron chi connectivity index (χ4n) is 5.06. The quantitative estimate of drug-likeness (QED) is 0.319. The van der Waals surface area contributed by atoms with Gasteiger partial charge in [-0.2, -0.15) is 0 Å². The molecule has 0 bridgehead atoms. The molecular weight excluding hydrogens is 508 g/mol. The number of ketones is 1. The summed E-state index contributed by atoms with van der Waals surface area (Å²) in [5, 5.41) is 19.2. The summed E-state index contributed by atoms with van der Waals surface area (Å²) in [7, 11) is 0. The van der Waals surface area contributed by atoms with E-state index in [4.69, 9.17) is 0 Å². The molecule has 0 aromatic heterocycles. The molecule has 1 aliphatic heterocycles. The lowest BCUT2D eigenvalue weighted by molar-refractivity contribution is -0.143. The van der Waals surface area contributed by atoms with Crippen molar-refractivity contribution in [3.8, 4) is 0 Å². The van der Waals surface area contributed by atoms with E-state index in [0.717, 1.165) is 16.7 Å². The van der Waals surface area contributed by atoms with Gasteiger partial charge in [0.15, 0.2) is 0 Å². The van der Waals surface area contributed by atoms with Crippen molar-refractivity contribution in [3.63, 3.8) is 0 Å². The summed E-state index contributed by atoms with van der Waals surface area (Å²) in [5.74, 6) is -2.82. The van der Waals surface area contributed by atoms with Gasteiger partial charge in [0, 0.05) is 13.1 Å². The molecule has 2 aromatic rings. The third-order valence-electron chi connectivity index (χ3n) is 7.21. The number of rotatable bonds is 11. The number of carbonyl (C=O) groups is 4. The molecule has 4 N–H and O–H groups in total. The monoisotopic (exact) mass is 550 g/mol. The van der Waals surface area contributed by atoms with Crippen LogP contribution >= 0.6 is 0 Å². The number of aliphatic hydroxyl groups excluding tert-OH is 1. The van der Waals surface area contributed by atoms with Crippen molar-refractivity contribution in [2.45, 2.75) is 85.4 Å². The summed E-state index contributed by atoms with van der Waals surface area (Å²) >= 11 is 0. The number of amides is 3. The minimum absolute atomic E-state index is 0.193. The Morgan fingerprint density at radius 1 is 0.950 bits per heavy atom. The molecule has 0 radical (unpaired) electrons. The Morgan fingerprint density at radius 2 is 1.57 bits per heavy atom. The molecule has 0 aliphatic carbocycles. The predicted octanol–water partition coefficient (Wildman–Crippen LogP) is 2.83. The van der Waals surface area contributed by atoms with Gasteiger partial charge in [-0.3, -0.25) is 24.1 Å². The number of carbonyl (C=O) groups excluding carboxylic acids is 4. The Bertz CT molecular complexity index is 1210. The molecule has 9 nitrogen and oxygen atoms in total. The lowest BCUT2D eigenvalue weighted by Gasteiger charge is -2.39. The van der Waals surface area contributed by atoms with Crippen LogP contribution < -0.4 is 16.0 Å². The highest BCUT2D eigenvalue weighted by atomic mass is 16.3. The second-order valence-electron chi connectivity index (χ2n) is 11.7. The largest absolute Gasteiger partial charge is 0.374 e. The standard InChI is InChI=1S/C31H42N4O5/c1-7-23(27(37)34-24(19(2)3)25(36)28(38)32-17-20-13-9-8-10-14-20)33-29(39)26(31(4,5)6)35-18-21-15-11-12-16-22(21)30(35)40/h8-16,19,23-24,26,30,40H,7,17-18H2,1-6H3,(H,32,38)(H,33,39)(H,34,37)/t23?,24-,26+,30?/m0/s1. The zero-order valence-electron chi connectivity index (χ0n) is 24.2. The molecule has 3 amide bonds. The van der Waals surface area contributed by atoms with E-state index in [1.807, 2.05) is 75.4 Å². The first kappa shape index (κ1) is 31.0. The van der Waals surface area contributed by atoms with E-state index in [9.17, 15) is 24.3 Å². The first-order chi connectivity index (χ1) is 18.8. The highest BCUT2D eigenvalue weighted by molar-refractivity contribution is 6.38. The van der Waals surface area contributed by atoms with Crippen molar-refractivity contribution in [1.82, 2.24) is 20.9 Å². The van der Waals surface area contributed by atoms with Gasteiger partial charge in [-0.05, 0) is 34.4 Å². The molecular formula is C31H42N4O5. The maximum atomic E-state index is 13.7. The fourth-order valence-corrected chi connectivity index (χ4v) is 5.06. The van der Waals surface area contributed by atoms with Gasteiger partial charge >= 0.3 is 0 Å². The molecule has 216 valence electrons. The number of Topliss-reactive ketones (excluding diaryl/α,β-unsaturated/α-hetero) is 1. The summed E-state index contributed by atoms with van der Waals surface area (Å²) < 4.78 is 0. The summed E-state index contributed by atoms with van der Waals surface area (Å²) in [6.45, 7) is 11.6. The van der Waals surface area contributed by atoms with E-state index in [2.05, 4.69) is 16.0 Å². The molecule has 2 aromatic carbocycles. The Hall–Kier alpha value is -3.56. The summed E-state index contributed by atoms with van der Waals surface area (Å²) in [4.78, 5) is 54.3. The maximum Gasteiger partial charge on any atom is 0.289 e. The van der Waals surface area contributed by atoms with Crippen LogP contribution in [0.5, 0.6) is 0 Å². The molecule has 40 heavy (non-hydrogen) atoms. The van der Waals surface area contributed by atoms with E-state index in [1.165, 1.54) is 0 Å². The van der Waals surface area contributed by atoms with Gasteiger partial charge in [-0.25, -0.2) is 0 Å². The van der Waals surface area contributed by atoms with E-state index in [-0.39, 0.29) is 18.9 Å². The average Bonchev–Trinajstić information content (AvgIpc) is 3.23. The molecule has 9 heteroatoms. The van der Waals surface area contributed by atoms with Crippen LogP contribution in [-0.4, -0.2) is 51.6 Å². The van der Waals surface area contributed by atoms with Crippen molar-refractivity contribution in [2.75, 3.05) is 0 Å². The second-order valence-corrected chi connectivity index (χ2v) is 11.7. The molecule has 0 spiro atoms. The van der Waals surface area contributed by atoms with Crippen molar-refractivity contribution >= 4 is 23.5 Å². The average molecular weight is 551 g/mol. The Kier molecular flexibility index (Phi) is 10.2. The molecule has 1 aliphatic rings. The number of nitrogens with one attached hydrogen (secondary N) is 3. The van der Waals surface area contributed by atoms with Gasteiger partial charge in [0.25, 0.3) is 5.91 Å². The molecule has 1 heterocycles. The second kappa shape index (κ2) is 13.2. The van der Waals surface area contributed by atoms with Crippen LogP contribution in [0.3, 0.4) is 0 Å². The highest BCUT2D eigenvalue weighted by Crippen LogP contribution is 2.38. The smallest absolute Gasteiger partial charge is 0.289 e.